The molecular formula is C28H32O3S. The van der Waals surface area contributed by atoms with Crippen LogP contribution in [0.2, 0.25) is 0 Å². The van der Waals surface area contributed by atoms with Crippen molar-refractivity contribution < 1.29 is 14.3 Å². The number of allylic oxidation sites excluding steroid dienone is 2. The Kier molecular flexibility index (Phi) is 6.35. The summed E-state index contributed by atoms with van der Waals surface area (Å²) in [6.45, 7) is 6.22. The van der Waals surface area contributed by atoms with E-state index in [-0.39, 0.29) is 17.0 Å². The second-order valence-electron chi connectivity index (χ2n) is 9.22. The SMILES string of the molecule is CCCCCS[C@H]1C(C(=O)OC)[C@]2(C)C(=O)[C@]1(C)C(c1ccccc1)=C2c1ccccc1. The number of hydrogen-bond donors (Lipinski definition) is 0. The Balaban J connectivity index is 1.96. The molecule has 0 spiro atoms. The van der Waals surface area contributed by atoms with Crippen LogP contribution < -0.4 is 0 Å². The van der Waals surface area contributed by atoms with Crippen molar-refractivity contribution in [2.75, 3.05) is 12.9 Å². The highest BCUT2D eigenvalue weighted by Crippen LogP contribution is 2.71. The van der Waals surface area contributed by atoms with E-state index in [1.165, 1.54) is 7.11 Å². The van der Waals surface area contributed by atoms with Gasteiger partial charge in [0, 0.05) is 5.25 Å². The third kappa shape index (κ3) is 3.26. The maximum atomic E-state index is 14.2. The number of hydrogen-bond acceptors (Lipinski definition) is 4. The van der Waals surface area contributed by atoms with Gasteiger partial charge in [0.25, 0.3) is 0 Å². The Hall–Kier alpha value is -2.33. The second kappa shape index (κ2) is 8.90. The molecule has 1 fully saturated rings. The van der Waals surface area contributed by atoms with Gasteiger partial charge in [0.15, 0.2) is 5.78 Å². The van der Waals surface area contributed by atoms with E-state index in [1.807, 2.05) is 43.3 Å². The zero-order chi connectivity index (χ0) is 22.9. The van der Waals surface area contributed by atoms with E-state index >= 15 is 0 Å². The lowest BCUT2D eigenvalue weighted by Gasteiger charge is -2.40. The van der Waals surface area contributed by atoms with Gasteiger partial charge in [-0.05, 0) is 48.3 Å². The summed E-state index contributed by atoms with van der Waals surface area (Å²) in [5.41, 5.74) is 2.46. The summed E-state index contributed by atoms with van der Waals surface area (Å²) in [6.07, 6.45) is 3.39. The molecule has 0 radical (unpaired) electrons. The number of carbonyl (C=O) groups is 2. The minimum atomic E-state index is -0.920. The summed E-state index contributed by atoms with van der Waals surface area (Å²) < 4.78 is 5.30. The first-order valence-corrected chi connectivity index (χ1v) is 12.6. The zero-order valence-electron chi connectivity index (χ0n) is 19.4. The second-order valence-corrected chi connectivity index (χ2v) is 10.5. The Labute approximate surface area is 195 Å². The molecule has 0 N–H and O–H groups in total. The molecule has 0 saturated heterocycles. The average molecular weight is 449 g/mol. The predicted molar refractivity (Wildman–Crippen MR) is 132 cm³/mol. The molecule has 32 heavy (non-hydrogen) atoms. The molecule has 0 aliphatic heterocycles. The van der Waals surface area contributed by atoms with E-state index in [0.29, 0.717) is 0 Å². The van der Waals surface area contributed by atoms with Crippen LogP contribution in [0.15, 0.2) is 60.7 Å². The Morgan fingerprint density at radius 2 is 1.44 bits per heavy atom. The van der Waals surface area contributed by atoms with Gasteiger partial charge in [-0.2, -0.15) is 11.8 Å². The van der Waals surface area contributed by atoms with E-state index in [9.17, 15) is 9.59 Å². The lowest BCUT2D eigenvalue weighted by atomic mass is 9.67. The summed E-state index contributed by atoms with van der Waals surface area (Å²) in [5.74, 6) is 0.303. The van der Waals surface area contributed by atoms with Gasteiger partial charge in [0.1, 0.15) is 0 Å². The lowest BCUT2D eigenvalue weighted by Crippen LogP contribution is -2.41. The van der Waals surface area contributed by atoms with E-state index in [4.69, 9.17) is 4.74 Å². The van der Waals surface area contributed by atoms with Crippen LogP contribution in [0.25, 0.3) is 11.1 Å². The molecular weight excluding hydrogens is 416 g/mol. The number of methoxy groups -OCH3 is 1. The Morgan fingerprint density at radius 1 is 0.906 bits per heavy atom. The average Bonchev–Trinajstić information content (AvgIpc) is 3.11. The first-order valence-electron chi connectivity index (χ1n) is 11.5. The van der Waals surface area contributed by atoms with Crippen molar-refractivity contribution in [2.24, 2.45) is 16.7 Å². The van der Waals surface area contributed by atoms with Crippen LogP contribution in [0.5, 0.6) is 0 Å². The molecule has 4 heteroatoms. The van der Waals surface area contributed by atoms with Crippen molar-refractivity contribution in [3.63, 3.8) is 0 Å². The Morgan fingerprint density at radius 3 is 1.94 bits per heavy atom. The molecule has 168 valence electrons. The highest BCUT2D eigenvalue weighted by atomic mass is 32.2. The molecule has 4 atom stereocenters. The van der Waals surface area contributed by atoms with Gasteiger partial charge in [-0.15, -0.1) is 0 Å². The van der Waals surface area contributed by atoms with Gasteiger partial charge >= 0.3 is 5.97 Å². The van der Waals surface area contributed by atoms with Gasteiger partial charge in [0.05, 0.1) is 23.9 Å². The number of benzene rings is 2. The van der Waals surface area contributed by atoms with Gasteiger partial charge in [-0.25, -0.2) is 0 Å². The predicted octanol–water partition coefficient (Wildman–Crippen LogP) is 6.29. The van der Waals surface area contributed by atoms with Crippen LogP contribution in [0, 0.1) is 16.7 Å². The van der Waals surface area contributed by atoms with Crippen LogP contribution in [0.4, 0.5) is 0 Å². The molecule has 2 bridgehead atoms. The summed E-state index contributed by atoms with van der Waals surface area (Å²) >= 11 is 1.78. The van der Waals surface area contributed by atoms with Gasteiger partial charge in [-0.3, -0.25) is 9.59 Å². The molecule has 4 rings (SSSR count). The summed E-state index contributed by atoms with van der Waals surface area (Å²) in [5, 5.41) is -0.146. The van der Waals surface area contributed by atoms with E-state index < -0.39 is 16.7 Å². The van der Waals surface area contributed by atoms with E-state index in [1.54, 1.807) is 11.8 Å². The summed E-state index contributed by atoms with van der Waals surface area (Å²) in [6, 6.07) is 20.3. The zero-order valence-corrected chi connectivity index (χ0v) is 20.2. The first-order chi connectivity index (χ1) is 15.4. The molecule has 3 nitrogen and oxygen atoms in total. The van der Waals surface area contributed by atoms with E-state index in [2.05, 4.69) is 38.1 Å². The van der Waals surface area contributed by atoms with Crippen molar-refractivity contribution in [1.29, 1.82) is 0 Å². The monoisotopic (exact) mass is 448 g/mol. The van der Waals surface area contributed by atoms with Crippen LogP contribution in [-0.2, 0) is 14.3 Å². The van der Waals surface area contributed by atoms with Gasteiger partial charge in [0.2, 0.25) is 0 Å². The molecule has 0 aromatic heterocycles. The van der Waals surface area contributed by atoms with Gasteiger partial charge in [-0.1, -0.05) is 80.4 Å². The molecule has 2 aliphatic rings. The summed E-state index contributed by atoms with van der Waals surface area (Å²) in [7, 11) is 1.44. The third-order valence-electron chi connectivity index (χ3n) is 7.35. The van der Waals surface area contributed by atoms with Crippen molar-refractivity contribution in [3.05, 3.63) is 71.8 Å². The number of carbonyl (C=O) groups excluding carboxylic acids is 2. The molecule has 2 aliphatic carbocycles. The normalized spacial score (nSPS) is 28.9. The first kappa shape index (κ1) is 22.8. The number of ketones is 1. The molecule has 0 heterocycles. The number of ether oxygens (including phenoxy) is 1. The number of Topliss-reactive ketones (excluding diaryl/α,β-unsaturated/α-hetero) is 1. The quantitative estimate of drug-likeness (QED) is 0.352. The Bertz CT molecular complexity index is 1030. The minimum Gasteiger partial charge on any atom is -0.469 e. The van der Waals surface area contributed by atoms with Crippen LogP contribution in [0.1, 0.15) is 51.2 Å². The maximum absolute atomic E-state index is 14.2. The number of fused-ring (bicyclic) bond motifs is 2. The highest BCUT2D eigenvalue weighted by molar-refractivity contribution is 8.00. The molecule has 1 saturated carbocycles. The van der Waals surface area contributed by atoms with Crippen molar-refractivity contribution >= 4 is 34.7 Å². The number of esters is 1. The van der Waals surface area contributed by atoms with Crippen LogP contribution in [-0.4, -0.2) is 29.9 Å². The molecule has 2 aromatic carbocycles. The molecule has 2 aromatic rings. The number of unbranched alkanes of at least 4 members (excludes halogenated alkanes) is 2. The smallest absolute Gasteiger partial charge is 0.311 e. The van der Waals surface area contributed by atoms with Crippen LogP contribution in [0.3, 0.4) is 0 Å². The van der Waals surface area contributed by atoms with Crippen molar-refractivity contribution in [1.82, 2.24) is 0 Å². The fourth-order valence-corrected chi connectivity index (χ4v) is 7.66. The van der Waals surface area contributed by atoms with Crippen LogP contribution >= 0.6 is 11.8 Å². The van der Waals surface area contributed by atoms with Crippen molar-refractivity contribution in [2.45, 2.75) is 45.3 Å². The van der Waals surface area contributed by atoms with Gasteiger partial charge < -0.3 is 4.74 Å². The van der Waals surface area contributed by atoms with E-state index in [0.717, 1.165) is 47.3 Å². The fourth-order valence-electron chi connectivity index (χ4n) is 5.90. The highest BCUT2D eigenvalue weighted by Gasteiger charge is 2.74. The third-order valence-corrected chi connectivity index (χ3v) is 8.98. The summed E-state index contributed by atoms with van der Waals surface area (Å²) in [4.78, 5) is 27.5. The maximum Gasteiger partial charge on any atom is 0.311 e. The topological polar surface area (TPSA) is 43.4 Å². The fraction of sp³-hybridized carbons (Fsp3) is 0.429. The molecule has 0 amide bonds. The number of rotatable bonds is 8. The number of thioether (sulfide) groups is 1. The van der Waals surface area contributed by atoms with Crippen molar-refractivity contribution in [3.8, 4) is 0 Å². The standard InChI is InChI=1S/C28H32O3S/c1-5-6-13-18-32-24-23(25(29)31-4)27(2)21(19-14-9-7-10-15-19)22(28(24,3)26(27)30)20-16-11-8-12-17-20/h7-12,14-17,23-24H,5-6,13,18H2,1-4H3/t23?,24-,27+,28+/m0/s1. The largest absolute Gasteiger partial charge is 0.469 e. The molecule has 1 unspecified atom stereocenters. The lowest BCUT2D eigenvalue weighted by molar-refractivity contribution is -0.149. The minimum absolute atomic E-state index is 0.145.